The number of carbonyl (C=O) groups is 1. The van der Waals surface area contributed by atoms with E-state index in [1.54, 1.807) is 0 Å². The van der Waals surface area contributed by atoms with Crippen molar-refractivity contribution < 1.29 is 4.79 Å². The lowest BCUT2D eigenvalue weighted by Crippen LogP contribution is -2.50. The van der Waals surface area contributed by atoms with E-state index in [1.807, 2.05) is 0 Å². The maximum absolute atomic E-state index is 12.4. The Balaban J connectivity index is 1.90. The van der Waals surface area contributed by atoms with Crippen LogP contribution in [-0.4, -0.2) is 48.9 Å². The van der Waals surface area contributed by atoms with E-state index in [2.05, 4.69) is 23.8 Å². The molecule has 0 spiro atoms. The van der Waals surface area contributed by atoms with Crippen LogP contribution in [-0.2, 0) is 4.79 Å². The smallest absolute Gasteiger partial charge is 0.226 e. The summed E-state index contributed by atoms with van der Waals surface area (Å²) in [7, 11) is 2.13. The van der Waals surface area contributed by atoms with E-state index >= 15 is 0 Å². The van der Waals surface area contributed by atoms with E-state index in [-0.39, 0.29) is 0 Å². The molecule has 0 N–H and O–H groups in total. The van der Waals surface area contributed by atoms with Crippen molar-refractivity contribution in [2.75, 3.05) is 33.2 Å². The molecule has 3 heteroatoms. The average Bonchev–Trinajstić information content (AvgIpc) is 2.30. The summed E-state index contributed by atoms with van der Waals surface area (Å²) < 4.78 is 0. The maximum Gasteiger partial charge on any atom is 0.226 e. The van der Waals surface area contributed by atoms with Gasteiger partial charge in [0.05, 0.1) is 0 Å². The molecule has 2 atom stereocenters. The van der Waals surface area contributed by atoms with Gasteiger partial charge in [0.25, 0.3) is 0 Å². The zero-order valence-electron chi connectivity index (χ0n) is 10.6. The van der Waals surface area contributed by atoms with Crippen molar-refractivity contribution in [1.29, 1.82) is 0 Å². The molecule has 2 rings (SSSR count). The summed E-state index contributed by atoms with van der Waals surface area (Å²) in [5, 5.41) is 0. The van der Waals surface area contributed by atoms with Crippen molar-refractivity contribution in [2.45, 2.75) is 32.6 Å². The van der Waals surface area contributed by atoms with Crippen LogP contribution in [0.5, 0.6) is 0 Å². The Labute approximate surface area is 98.8 Å². The minimum Gasteiger partial charge on any atom is -0.340 e. The van der Waals surface area contributed by atoms with Gasteiger partial charge in [0.2, 0.25) is 5.91 Å². The molecule has 1 saturated carbocycles. The van der Waals surface area contributed by atoms with Gasteiger partial charge in [-0.3, -0.25) is 4.79 Å². The van der Waals surface area contributed by atoms with E-state index in [0.717, 1.165) is 32.6 Å². The second-order valence-electron chi connectivity index (χ2n) is 5.50. The van der Waals surface area contributed by atoms with E-state index in [0.29, 0.717) is 17.7 Å². The molecule has 0 radical (unpaired) electrons. The number of carbonyl (C=O) groups excluding carboxylic acids is 1. The Bertz CT molecular complexity index is 246. The molecule has 1 saturated heterocycles. The second-order valence-corrected chi connectivity index (χ2v) is 5.50. The van der Waals surface area contributed by atoms with Crippen molar-refractivity contribution in [1.82, 2.24) is 9.80 Å². The zero-order valence-corrected chi connectivity index (χ0v) is 10.6. The van der Waals surface area contributed by atoms with Crippen molar-refractivity contribution in [3.63, 3.8) is 0 Å². The predicted molar refractivity (Wildman–Crippen MR) is 65.2 cm³/mol. The Hall–Kier alpha value is -0.570. The van der Waals surface area contributed by atoms with Gasteiger partial charge >= 0.3 is 0 Å². The summed E-state index contributed by atoms with van der Waals surface area (Å²) in [5.74, 6) is 1.35. The van der Waals surface area contributed by atoms with Crippen LogP contribution in [0.4, 0.5) is 0 Å². The first-order chi connectivity index (χ1) is 7.68. The fourth-order valence-corrected chi connectivity index (χ4v) is 2.94. The molecule has 0 bridgehead atoms. The molecular formula is C13H24N2O. The predicted octanol–water partition coefficient (Wildman–Crippen LogP) is 1.59. The van der Waals surface area contributed by atoms with Crippen LogP contribution in [0, 0.1) is 11.8 Å². The van der Waals surface area contributed by atoms with Gasteiger partial charge in [-0.25, -0.2) is 0 Å². The number of hydrogen-bond donors (Lipinski definition) is 0. The van der Waals surface area contributed by atoms with Gasteiger partial charge in [0, 0.05) is 32.1 Å². The summed E-state index contributed by atoms with van der Waals surface area (Å²) in [5.41, 5.74) is 0. The number of hydrogen-bond acceptors (Lipinski definition) is 2. The molecule has 1 aliphatic heterocycles. The lowest BCUT2D eigenvalue weighted by molar-refractivity contribution is -0.139. The van der Waals surface area contributed by atoms with Crippen LogP contribution in [0.1, 0.15) is 32.6 Å². The third-order valence-corrected chi connectivity index (χ3v) is 4.24. The van der Waals surface area contributed by atoms with Crippen LogP contribution in [0.15, 0.2) is 0 Å². The quantitative estimate of drug-likeness (QED) is 0.675. The van der Waals surface area contributed by atoms with Gasteiger partial charge in [-0.15, -0.1) is 0 Å². The molecule has 0 aromatic heterocycles. The Kier molecular flexibility index (Phi) is 3.85. The third kappa shape index (κ3) is 2.57. The number of piperazine rings is 1. The van der Waals surface area contributed by atoms with Gasteiger partial charge in [-0.05, 0) is 25.8 Å². The largest absolute Gasteiger partial charge is 0.340 e. The molecule has 1 aliphatic carbocycles. The topological polar surface area (TPSA) is 23.6 Å². The minimum atomic E-state index is 0.317. The normalized spacial score (nSPS) is 32.8. The molecule has 3 nitrogen and oxygen atoms in total. The first-order valence-corrected chi connectivity index (χ1v) is 6.66. The Morgan fingerprint density at radius 2 is 1.69 bits per heavy atom. The molecule has 2 fully saturated rings. The maximum atomic E-state index is 12.4. The summed E-state index contributed by atoms with van der Waals surface area (Å²) in [6, 6.07) is 0. The van der Waals surface area contributed by atoms with E-state index in [1.165, 1.54) is 19.3 Å². The van der Waals surface area contributed by atoms with E-state index in [9.17, 15) is 4.79 Å². The molecule has 92 valence electrons. The lowest BCUT2D eigenvalue weighted by atomic mass is 9.79. The second kappa shape index (κ2) is 5.17. The molecule has 2 unspecified atom stereocenters. The average molecular weight is 224 g/mol. The molecule has 0 aromatic carbocycles. The van der Waals surface area contributed by atoms with Gasteiger partial charge < -0.3 is 9.80 Å². The minimum absolute atomic E-state index is 0.317. The van der Waals surface area contributed by atoms with Crippen molar-refractivity contribution >= 4 is 5.91 Å². The molecule has 16 heavy (non-hydrogen) atoms. The summed E-state index contributed by atoms with van der Waals surface area (Å²) in [6.45, 7) is 6.18. The van der Waals surface area contributed by atoms with Crippen LogP contribution >= 0.6 is 0 Å². The monoisotopic (exact) mass is 224 g/mol. The van der Waals surface area contributed by atoms with Crippen molar-refractivity contribution in [3.8, 4) is 0 Å². The van der Waals surface area contributed by atoms with Crippen LogP contribution in [0.2, 0.25) is 0 Å². The molecule has 0 aromatic rings. The first kappa shape index (κ1) is 11.9. The van der Waals surface area contributed by atoms with Gasteiger partial charge in [0.1, 0.15) is 0 Å². The van der Waals surface area contributed by atoms with Gasteiger partial charge in [-0.1, -0.05) is 19.8 Å². The highest BCUT2D eigenvalue weighted by Gasteiger charge is 2.31. The number of rotatable bonds is 1. The molecular weight excluding hydrogens is 200 g/mol. The molecule has 2 aliphatic rings. The summed E-state index contributed by atoms with van der Waals surface area (Å²) >= 11 is 0. The highest BCUT2D eigenvalue weighted by molar-refractivity contribution is 5.79. The van der Waals surface area contributed by atoms with Gasteiger partial charge in [-0.2, -0.15) is 0 Å². The summed E-state index contributed by atoms with van der Waals surface area (Å²) in [6.07, 6.45) is 4.92. The zero-order chi connectivity index (χ0) is 11.5. The Morgan fingerprint density at radius 3 is 2.31 bits per heavy atom. The number of nitrogens with zero attached hydrogens (tertiary/aromatic N) is 2. The fraction of sp³-hybridized carbons (Fsp3) is 0.923. The number of amides is 1. The van der Waals surface area contributed by atoms with Crippen LogP contribution in [0.25, 0.3) is 0 Å². The lowest BCUT2D eigenvalue weighted by Gasteiger charge is -2.37. The van der Waals surface area contributed by atoms with E-state index in [4.69, 9.17) is 0 Å². The third-order valence-electron chi connectivity index (χ3n) is 4.24. The molecule has 1 amide bonds. The standard InChI is InChI=1S/C13H24N2O/c1-11-5-3-4-6-12(11)13(16)15-9-7-14(2)8-10-15/h11-12H,3-10H2,1-2H3. The SMILES string of the molecule is CC1CCCCC1C(=O)N1CCN(C)CC1. The van der Waals surface area contributed by atoms with E-state index < -0.39 is 0 Å². The van der Waals surface area contributed by atoms with Crippen LogP contribution in [0.3, 0.4) is 0 Å². The highest BCUT2D eigenvalue weighted by atomic mass is 16.2. The first-order valence-electron chi connectivity index (χ1n) is 6.66. The fourth-order valence-electron chi connectivity index (χ4n) is 2.94. The van der Waals surface area contributed by atoms with Crippen LogP contribution < -0.4 is 0 Å². The van der Waals surface area contributed by atoms with Crippen molar-refractivity contribution in [2.24, 2.45) is 11.8 Å². The van der Waals surface area contributed by atoms with Crippen molar-refractivity contribution in [3.05, 3.63) is 0 Å². The molecule has 1 heterocycles. The van der Waals surface area contributed by atoms with Gasteiger partial charge in [0.15, 0.2) is 0 Å². The summed E-state index contributed by atoms with van der Waals surface area (Å²) in [4.78, 5) is 16.8. The highest BCUT2D eigenvalue weighted by Crippen LogP contribution is 2.31. The Morgan fingerprint density at radius 1 is 1.06 bits per heavy atom. The number of likely N-dealkylation sites (N-methyl/N-ethyl adjacent to an activating group) is 1.